The number of hydrogen-bond acceptors (Lipinski definition) is 2. The molecule has 3 heteroatoms. The third kappa shape index (κ3) is 1.72. The van der Waals surface area contributed by atoms with E-state index in [9.17, 15) is 0 Å². The molecule has 1 saturated carbocycles. The van der Waals surface area contributed by atoms with Gasteiger partial charge in [-0.1, -0.05) is 12.5 Å². The van der Waals surface area contributed by atoms with Crippen molar-refractivity contribution in [3.05, 3.63) is 29.6 Å². The maximum atomic E-state index is 4.99. The monoisotopic (exact) mass is 269 g/mol. The van der Waals surface area contributed by atoms with Crippen molar-refractivity contribution in [3.63, 3.8) is 0 Å². The van der Waals surface area contributed by atoms with E-state index in [0.29, 0.717) is 6.04 Å². The molecule has 20 heavy (non-hydrogen) atoms. The summed E-state index contributed by atoms with van der Waals surface area (Å²) >= 11 is 0. The highest BCUT2D eigenvalue weighted by molar-refractivity contribution is 5.77. The second kappa shape index (κ2) is 4.59. The van der Waals surface area contributed by atoms with Crippen LogP contribution in [-0.2, 0) is 6.54 Å². The number of benzene rings is 1. The van der Waals surface area contributed by atoms with E-state index in [1.807, 2.05) is 0 Å². The van der Waals surface area contributed by atoms with Gasteiger partial charge >= 0.3 is 0 Å². The molecule has 0 spiro atoms. The van der Waals surface area contributed by atoms with Gasteiger partial charge in [0.2, 0.25) is 0 Å². The molecule has 1 aromatic carbocycles. The highest BCUT2D eigenvalue weighted by Crippen LogP contribution is 2.44. The van der Waals surface area contributed by atoms with Crippen LogP contribution in [0.5, 0.6) is 0 Å². The van der Waals surface area contributed by atoms with Crippen molar-refractivity contribution >= 4 is 11.0 Å². The highest BCUT2D eigenvalue weighted by atomic mass is 15.1. The van der Waals surface area contributed by atoms with Crippen molar-refractivity contribution < 1.29 is 0 Å². The van der Waals surface area contributed by atoms with Crippen LogP contribution in [0.2, 0.25) is 0 Å². The molecule has 3 nitrogen and oxygen atoms in total. The lowest BCUT2D eigenvalue weighted by atomic mass is 9.93. The van der Waals surface area contributed by atoms with Gasteiger partial charge in [0.25, 0.3) is 0 Å². The molecule has 1 aromatic heterocycles. The van der Waals surface area contributed by atoms with E-state index in [4.69, 9.17) is 4.98 Å². The van der Waals surface area contributed by atoms with Gasteiger partial charge < -0.3 is 9.88 Å². The van der Waals surface area contributed by atoms with Crippen LogP contribution in [0.15, 0.2) is 18.2 Å². The topological polar surface area (TPSA) is 29.9 Å². The van der Waals surface area contributed by atoms with E-state index < -0.39 is 0 Å². The van der Waals surface area contributed by atoms with Crippen molar-refractivity contribution in [2.45, 2.75) is 45.7 Å². The normalized spacial score (nSPS) is 29.2. The average Bonchev–Trinajstić information content (AvgIpc) is 3.10. The molecule has 1 aliphatic carbocycles. The first kappa shape index (κ1) is 12.4. The minimum atomic E-state index is 0.468. The molecule has 1 N–H and O–H groups in total. The molecule has 3 atom stereocenters. The molecule has 0 amide bonds. The molecule has 3 unspecified atom stereocenters. The van der Waals surface area contributed by atoms with Crippen LogP contribution < -0.4 is 5.32 Å². The van der Waals surface area contributed by atoms with Gasteiger partial charge in [0, 0.05) is 6.54 Å². The largest absolute Gasteiger partial charge is 0.327 e. The summed E-state index contributed by atoms with van der Waals surface area (Å²) < 4.78 is 2.41. The third-order valence-corrected chi connectivity index (χ3v) is 5.27. The van der Waals surface area contributed by atoms with E-state index >= 15 is 0 Å². The number of rotatable bonds is 2. The van der Waals surface area contributed by atoms with E-state index in [-0.39, 0.29) is 0 Å². The molecule has 1 saturated heterocycles. The molecular weight excluding hydrogens is 246 g/mol. The molecule has 2 aliphatic rings. The Hall–Kier alpha value is -1.35. The highest BCUT2D eigenvalue weighted by Gasteiger charge is 2.41. The van der Waals surface area contributed by atoms with E-state index in [1.54, 1.807) is 0 Å². The summed E-state index contributed by atoms with van der Waals surface area (Å²) in [5.74, 6) is 2.95. The summed E-state index contributed by atoms with van der Waals surface area (Å²) in [5.41, 5.74) is 3.74. The van der Waals surface area contributed by atoms with Gasteiger partial charge in [0.15, 0.2) is 0 Å². The molecule has 2 heterocycles. The molecule has 0 radical (unpaired) electrons. The summed E-state index contributed by atoms with van der Waals surface area (Å²) in [6.07, 6.45) is 4.17. The maximum absolute atomic E-state index is 4.99. The lowest BCUT2D eigenvalue weighted by molar-refractivity contribution is 0.399. The van der Waals surface area contributed by atoms with Crippen LogP contribution in [0.4, 0.5) is 0 Å². The van der Waals surface area contributed by atoms with Gasteiger partial charge in [-0.2, -0.15) is 0 Å². The Morgan fingerprint density at radius 1 is 1.35 bits per heavy atom. The molecular formula is C17H23N3. The predicted octanol–water partition coefficient (Wildman–Crippen LogP) is 3.43. The van der Waals surface area contributed by atoms with Crippen LogP contribution in [0.3, 0.4) is 0 Å². The maximum Gasteiger partial charge on any atom is 0.127 e. The Labute approximate surface area is 120 Å². The lowest BCUT2D eigenvalue weighted by Crippen LogP contribution is -2.22. The van der Waals surface area contributed by atoms with Gasteiger partial charge in [0.1, 0.15) is 5.82 Å². The Kier molecular flexibility index (Phi) is 2.84. The number of fused-ring (bicyclic) bond motifs is 2. The fourth-order valence-corrected chi connectivity index (χ4v) is 4.30. The van der Waals surface area contributed by atoms with Crippen LogP contribution in [0.1, 0.15) is 43.6 Å². The van der Waals surface area contributed by atoms with Gasteiger partial charge in [-0.3, -0.25) is 0 Å². The lowest BCUT2D eigenvalue weighted by Gasteiger charge is -2.19. The van der Waals surface area contributed by atoms with Gasteiger partial charge in [0.05, 0.1) is 17.1 Å². The van der Waals surface area contributed by atoms with E-state index in [1.165, 1.54) is 42.7 Å². The number of nitrogens with zero attached hydrogens (tertiary/aromatic N) is 2. The minimum absolute atomic E-state index is 0.468. The second-order valence-corrected chi connectivity index (χ2v) is 6.45. The predicted molar refractivity (Wildman–Crippen MR) is 81.7 cm³/mol. The minimum Gasteiger partial charge on any atom is -0.327 e. The fourth-order valence-electron chi connectivity index (χ4n) is 4.30. The summed E-state index contributed by atoms with van der Waals surface area (Å²) in [7, 11) is 0. The average molecular weight is 269 g/mol. The molecule has 2 fully saturated rings. The summed E-state index contributed by atoms with van der Waals surface area (Å²) in [6, 6.07) is 7.10. The smallest absolute Gasteiger partial charge is 0.127 e. The van der Waals surface area contributed by atoms with Crippen molar-refractivity contribution in [3.8, 4) is 0 Å². The number of aromatic nitrogens is 2. The fraction of sp³-hybridized carbons (Fsp3) is 0.588. The first-order valence-corrected chi connectivity index (χ1v) is 7.98. The Morgan fingerprint density at radius 3 is 3.10 bits per heavy atom. The molecule has 106 valence electrons. The van der Waals surface area contributed by atoms with E-state index in [2.05, 4.69) is 41.9 Å². The first-order valence-electron chi connectivity index (χ1n) is 7.98. The van der Waals surface area contributed by atoms with Gasteiger partial charge in [-0.15, -0.1) is 0 Å². The van der Waals surface area contributed by atoms with Crippen molar-refractivity contribution in [2.24, 2.45) is 11.8 Å². The summed E-state index contributed by atoms with van der Waals surface area (Å²) in [4.78, 5) is 4.99. The Morgan fingerprint density at radius 2 is 2.25 bits per heavy atom. The quantitative estimate of drug-likeness (QED) is 0.905. The van der Waals surface area contributed by atoms with Crippen LogP contribution >= 0.6 is 0 Å². The van der Waals surface area contributed by atoms with Crippen LogP contribution in [0.25, 0.3) is 11.0 Å². The molecule has 4 rings (SSSR count). The van der Waals surface area contributed by atoms with Crippen molar-refractivity contribution in [1.29, 1.82) is 0 Å². The zero-order valence-corrected chi connectivity index (χ0v) is 12.4. The number of imidazole rings is 1. The van der Waals surface area contributed by atoms with Gasteiger partial charge in [-0.25, -0.2) is 4.98 Å². The van der Waals surface area contributed by atoms with Crippen molar-refractivity contribution in [1.82, 2.24) is 14.9 Å². The molecule has 1 aliphatic heterocycles. The summed E-state index contributed by atoms with van der Waals surface area (Å²) in [5, 5.41) is 3.74. The molecule has 2 aromatic rings. The SMILES string of the molecule is CCn1c(C2NCC3CCCC32)nc2cc(C)ccc21. The summed E-state index contributed by atoms with van der Waals surface area (Å²) in [6.45, 7) is 6.56. The van der Waals surface area contributed by atoms with E-state index in [0.717, 1.165) is 23.9 Å². The molecule has 0 bridgehead atoms. The second-order valence-electron chi connectivity index (χ2n) is 6.45. The standard InChI is InChI=1S/C17H23N3/c1-3-20-15-8-7-11(2)9-14(15)19-17(20)16-13-6-4-5-12(13)10-18-16/h7-9,12-13,16,18H,3-6,10H2,1-2H3. The van der Waals surface area contributed by atoms with Crippen molar-refractivity contribution in [2.75, 3.05) is 6.54 Å². The number of nitrogens with one attached hydrogen (secondary N) is 1. The Balaban J connectivity index is 1.82. The first-order chi connectivity index (χ1) is 9.78. The zero-order chi connectivity index (χ0) is 13.7. The zero-order valence-electron chi connectivity index (χ0n) is 12.4. The number of hydrogen-bond donors (Lipinski definition) is 1. The van der Waals surface area contributed by atoms with Crippen LogP contribution in [0, 0.1) is 18.8 Å². The Bertz CT molecular complexity index is 643. The number of aryl methyl sites for hydroxylation is 2. The van der Waals surface area contributed by atoms with Crippen LogP contribution in [-0.4, -0.2) is 16.1 Å². The van der Waals surface area contributed by atoms with Gasteiger partial charge in [-0.05, 0) is 62.8 Å². The third-order valence-electron chi connectivity index (χ3n) is 5.27.